The zero-order valence-corrected chi connectivity index (χ0v) is 16.0. The fraction of sp³-hybridized carbons (Fsp3) is 0.529. The molecule has 4 aliphatic heterocycles. The molecule has 3 fully saturated rings. The van der Waals surface area contributed by atoms with E-state index >= 15 is 0 Å². The predicted molar refractivity (Wildman–Crippen MR) is 100 cm³/mol. The lowest BCUT2D eigenvalue weighted by atomic mass is 10.2. The van der Waals surface area contributed by atoms with Crippen molar-refractivity contribution in [3.05, 3.63) is 18.2 Å². The second-order valence-corrected chi connectivity index (χ2v) is 10.3. The first-order chi connectivity index (χ1) is 13.0. The summed E-state index contributed by atoms with van der Waals surface area (Å²) < 4.78 is 40.5. The molecule has 1 amide bonds. The molecule has 4 heterocycles. The van der Waals surface area contributed by atoms with Gasteiger partial charge in [0.2, 0.25) is 6.79 Å². The second kappa shape index (κ2) is 6.39. The van der Waals surface area contributed by atoms with Crippen LogP contribution in [0, 0.1) is 0 Å². The minimum Gasteiger partial charge on any atom is -0.454 e. The molecule has 0 unspecified atom stereocenters. The van der Waals surface area contributed by atoms with Crippen molar-refractivity contribution in [3.8, 4) is 11.5 Å². The van der Waals surface area contributed by atoms with E-state index < -0.39 is 15.9 Å². The SMILES string of the molecule is O=C(N=C1S[C@H]2CS(=O)(=O)C[C@H]2N1c1ccc2c(c1)OCO2)[C@@H]1CCCO1. The number of fused-ring (bicyclic) bond motifs is 2. The largest absolute Gasteiger partial charge is 0.454 e. The van der Waals surface area contributed by atoms with Crippen LogP contribution in [-0.4, -0.2) is 61.8 Å². The van der Waals surface area contributed by atoms with E-state index in [0.29, 0.717) is 29.7 Å². The Morgan fingerprint density at radius 1 is 1.22 bits per heavy atom. The summed E-state index contributed by atoms with van der Waals surface area (Å²) >= 11 is 1.36. The van der Waals surface area contributed by atoms with Gasteiger partial charge in [0.15, 0.2) is 26.5 Å². The lowest BCUT2D eigenvalue weighted by Crippen LogP contribution is -2.38. The van der Waals surface area contributed by atoms with Crippen LogP contribution in [0.3, 0.4) is 0 Å². The van der Waals surface area contributed by atoms with Crippen LogP contribution in [-0.2, 0) is 19.4 Å². The molecule has 4 aliphatic rings. The standard InChI is InChI=1S/C17H18N2O6S2/c20-16(13-2-1-5-23-13)18-17-19(11-7-27(21,22)8-15(11)26-17)10-3-4-12-14(6-10)25-9-24-12/h3-4,6,11,13,15H,1-2,5,7-9H2/t11-,13+,15+/m1/s1. The zero-order chi connectivity index (χ0) is 18.6. The van der Waals surface area contributed by atoms with Crippen molar-refractivity contribution in [1.82, 2.24) is 0 Å². The van der Waals surface area contributed by atoms with Gasteiger partial charge in [-0.1, -0.05) is 11.8 Å². The fourth-order valence-electron chi connectivity index (χ4n) is 3.84. The van der Waals surface area contributed by atoms with Gasteiger partial charge >= 0.3 is 0 Å². The van der Waals surface area contributed by atoms with Crippen molar-refractivity contribution in [1.29, 1.82) is 0 Å². The number of carbonyl (C=O) groups excluding carboxylic acids is 1. The second-order valence-electron chi connectivity index (χ2n) is 6.94. The molecule has 0 spiro atoms. The summed E-state index contributed by atoms with van der Waals surface area (Å²) in [7, 11) is -3.11. The Labute approximate surface area is 160 Å². The van der Waals surface area contributed by atoms with E-state index in [4.69, 9.17) is 14.2 Å². The Balaban J connectivity index is 1.51. The van der Waals surface area contributed by atoms with Crippen molar-refractivity contribution in [3.63, 3.8) is 0 Å². The maximum atomic E-state index is 12.5. The molecule has 10 heteroatoms. The van der Waals surface area contributed by atoms with E-state index in [-0.39, 0.29) is 35.5 Å². The number of amides is 1. The van der Waals surface area contributed by atoms with Gasteiger partial charge in [-0.05, 0) is 25.0 Å². The van der Waals surface area contributed by atoms with Gasteiger partial charge in [0.05, 0.1) is 17.5 Å². The third-order valence-electron chi connectivity index (χ3n) is 5.11. The highest BCUT2D eigenvalue weighted by molar-refractivity contribution is 8.16. The number of rotatable bonds is 2. The van der Waals surface area contributed by atoms with Gasteiger partial charge in [-0.15, -0.1) is 0 Å². The average Bonchev–Trinajstić information content (AvgIpc) is 3.36. The first-order valence-corrected chi connectivity index (χ1v) is 11.5. The van der Waals surface area contributed by atoms with E-state index in [2.05, 4.69) is 4.99 Å². The molecule has 0 N–H and O–H groups in total. The molecule has 1 aromatic carbocycles. The highest BCUT2D eigenvalue weighted by atomic mass is 32.2. The number of hydrogen-bond donors (Lipinski definition) is 0. The molecule has 3 saturated heterocycles. The monoisotopic (exact) mass is 410 g/mol. The molecule has 1 aromatic rings. The van der Waals surface area contributed by atoms with Crippen molar-refractivity contribution in [2.24, 2.45) is 4.99 Å². The maximum absolute atomic E-state index is 12.5. The third-order valence-corrected chi connectivity index (χ3v) is 8.32. The Hall–Kier alpha value is -1.78. The molecule has 27 heavy (non-hydrogen) atoms. The molecule has 0 bridgehead atoms. The van der Waals surface area contributed by atoms with Gasteiger partial charge in [-0.3, -0.25) is 4.79 Å². The van der Waals surface area contributed by atoms with Crippen molar-refractivity contribution in [2.45, 2.75) is 30.2 Å². The number of anilines is 1. The quantitative estimate of drug-likeness (QED) is 0.718. The van der Waals surface area contributed by atoms with Gasteiger partial charge in [0.1, 0.15) is 6.10 Å². The van der Waals surface area contributed by atoms with Crippen LogP contribution in [0.4, 0.5) is 5.69 Å². The molecular weight excluding hydrogens is 392 g/mol. The van der Waals surface area contributed by atoms with Gasteiger partial charge in [0.25, 0.3) is 5.91 Å². The van der Waals surface area contributed by atoms with Crippen LogP contribution in [0.5, 0.6) is 11.5 Å². The highest BCUT2D eigenvalue weighted by Crippen LogP contribution is 2.44. The summed E-state index contributed by atoms with van der Waals surface area (Å²) in [5.74, 6) is 1.09. The van der Waals surface area contributed by atoms with Crippen LogP contribution in [0.1, 0.15) is 12.8 Å². The van der Waals surface area contributed by atoms with Crippen molar-refractivity contribution >= 4 is 38.4 Å². The van der Waals surface area contributed by atoms with E-state index in [1.165, 1.54) is 11.8 Å². The Kier molecular flexibility index (Phi) is 4.10. The number of carbonyl (C=O) groups is 1. The summed E-state index contributed by atoms with van der Waals surface area (Å²) in [5.41, 5.74) is 0.746. The van der Waals surface area contributed by atoms with Crippen LogP contribution < -0.4 is 14.4 Å². The molecule has 3 atom stereocenters. The van der Waals surface area contributed by atoms with Gasteiger partial charge in [0, 0.05) is 23.6 Å². The number of nitrogens with zero attached hydrogens (tertiary/aromatic N) is 2. The molecule has 0 aromatic heterocycles. The van der Waals surface area contributed by atoms with Crippen molar-refractivity contribution in [2.75, 3.05) is 29.8 Å². The van der Waals surface area contributed by atoms with Gasteiger partial charge < -0.3 is 19.1 Å². The average molecular weight is 410 g/mol. The number of sulfone groups is 1. The number of ether oxygens (including phenoxy) is 3. The Bertz CT molecular complexity index is 925. The molecule has 0 saturated carbocycles. The van der Waals surface area contributed by atoms with Gasteiger partial charge in [-0.25, -0.2) is 8.42 Å². The summed E-state index contributed by atoms with van der Waals surface area (Å²) in [4.78, 5) is 18.7. The first kappa shape index (κ1) is 17.3. The first-order valence-electron chi connectivity index (χ1n) is 8.80. The van der Waals surface area contributed by atoms with Crippen LogP contribution in [0.25, 0.3) is 0 Å². The highest BCUT2D eigenvalue weighted by Gasteiger charge is 2.49. The topological polar surface area (TPSA) is 94.5 Å². The smallest absolute Gasteiger partial charge is 0.277 e. The summed E-state index contributed by atoms with van der Waals surface area (Å²) in [5, 5.41) is 0.385. The fourth-order valence-corrected chi connectivity index (χ4v) is 7.76. The van der Waals surface area contributed by atoms with Gasteiger partial charge in [-0.2, -0.15) is 4.99 Å². The van der Waals surface area contributed by atoms with E-state index in [0.717, 1.165) is 12.1 Å². The Morgan fingerprint density at radius 3 is 2.89 bits per heavy atom. The molecule has 8 nitrogen and oxygen atoms in total. The summed E-state index contributed by atoms with van der Waals surface area (Å²) in [6.45, 7) is 0.732. The molecular formula is C17H18N2O6S2. The van der Waals surface area contributed by atoms with E-state index in [9.17, 15) is 13.2 Å². The van der Waals surface area contributed by atoms with Crippen LogP contribution in [0.15, 0.2) is 23.2 Å². The van der Waals surface area contributed by atoms with Crippen molar-refractivity contribution < 1.29 is 27.4 Å². The number of hydrogen-bond acceptors (Lipinski definition) is 7. The van der Waals surface area contributed by atoms with E-state index in [1.807, 2.05) is 17.0 Å². The minimum absolute atomic E-state index is 0.0479. The normalized spacial score (nSPS) is 32.2. The summed E-state index contributed by atoms with van der Waals surface area (Å²) in [6.07, 6.45) is 1.02. The number of benzene rings is 1. The zero-order valence-electron chi connectivity index (χ0n) is 14.4. The summed E-state index contributed by atoms with van der Waals surface area (Å²) in [6, 6.07) is 5.19. The number of aliphatic imine (C=N–C) groups is 1. The van der Waals surface area contributed by atoms with E-state index in [1.54, 1.807) is 6.07 Å². The molecule has 0 radical (unpaired) electrons. The lowest BCUT2D eigenvalue weighted by Gasteiger charge is -2.24. The maximum Gasteiger partial charge on any atom is 0.277 e. The number of amidine groups is 1. The Morgan fingerprint density at radius 2 is 2.07 bits per heavy atom. The number of thioether (sulfide) groups is 1. The molecule has 5 rings (SSSR count). The molecule has 144 valence electrons. The minimum atomic E-state index is -3.11. The van der Waals surface area contributed by atoms with Crippen LogP contribution in [0.2, 0.25) is 0 Å². The van der Waals surface area contributed by atoms with Crippen LogP contribution >= 0.6 is 11.8 Å². The third kappa shape index (κ3) is 3.09. The lowest BCUT2D eigenvalue weighted by molar-refractivity contribution is -0.126. The predicted octanol–water partition coefficient (Wildman–Crippen LogP) is 1.20. The molecule has 0 aliphatic carbocycles.